The SMILES string of the molecule is CC(O)/C=C/[C@]1(O)C(C)(C)C[C@@H](O[C@@H]2O[C@H](CO)[C@@H](O)[C@H](O)[C@H]2O)C[C@]1(C)O. The summed E-state index contributed by atoms with van der Waals surface area (Å²) >= 11 is 0. The van der Waals surface area contributed by atoms with Crippen LogP contribution >= 0.6 is 0 Å². The van der Waals surface area contributed by atoms with Gasteiger partial charge < -0.3 is 45.2 Å². The van der Waals surface area contributed by atoms with Crippen molar-refractivity contribution >= 4 is 0 Å². The van der Waals surface area contributed by atoms with Gasteiger partial charge in [-0.05, 0) is 20.3 Å². The van der Waals surface area contributed by atoms with Gasteiger partial charge in [0.25, 0.3) is 0 Å². The zero-order valence-corrected chi connectivity index (χ0v) is 16.8. The lowest BCUT2D eigenvalue weighted by Crippen LogP contribution is -2.66. The lowest BCUT2D eigenvalue weighted by atomic mass is 9.57. The van der Waals surface area contributed by atoms with Gasteiger partial charge in [0.2, 0.25) is 0 Å². The molecule has 2 rings (SSSR count). The second-order valence-electron chi connectivity index (χ2n) is 8.89. The summed E-state index contributed by atoms with van der Waals surface area (Å²) < 4.78 is 11.2. The molecule has 0 radical (unpaired) electrons. The summed E-state index contributed by atoms with van der Waals surface area (Å²) in [4.78, 5) is 0. The molecule has 1 aliphatic carbocycles. The van der Waals surface area contributed by atoms with Crippen molar-refractivity contribution in [2.45, 2.75) is 94.7 Å². The molecule has 28 heavy (non-hydrogen) atoms. The van der Waals surface area contributed by atoms with Crippen molar-refractivity contribution in [3.8, 4) is 0 Å². The molecule has 1 aliphatic heterocycles. The number of hydrogen-bond donors (Lipinski definition) is 7. The molecule has 7 N–H and O–H groups in total. The van der Waals surface area contributed by atoms with Crippen LogP contribution < -0.4 is 0 Å². The van der Waals surface area contributed by atoms with E-state index in [9.17, 15) is 35.7 Å². The highest BCUT2D eigenvalue weighted by Gasteiger charge is 2.59. The standard InChI is InChI=1S/C19H34O9/c1-10(21)5-6-19(26)17(2,3)7-11(8-18(19,4)25)27-16-15(24)14(23)13(22)12(9-20)28-16/h5-6,10-16,20-26H,7-9H2,1-4H3/b6-5+/t10?,11-,12-,13-,14+,15-,16-,18+,19+/m1/s1. The Morgan fingerprint density at radius 3 is 2.18 bits per heavy atom. The van der Waals surface area contributed by atoms with Crippen molar-refractivity contribution in [1.82, 2.24) is 0 Å². The lowest BCUT2D eigenvalue weighted by Gasteiger charge is -2.56. The Morgan fingerprint density at radius 1 is 1.07 bits per heavy atom. The third-order valence-electron chi connectivity index (χ3n) is 6.01. The van der Waals surface area contributed by atoms with Gasteiger partial charge in [-0.3, -0.25) is 0 Å². The van der Waals surface area contributed by atoms with Gasteiger partial charge in [0.15, 0.2) is 6.29 Å². The summed E-state index contributed by atoms with van der Waals surface area (Å²) in [5.74, 6) is 0. The minimum Gasteiger partial charge on any atom is -0.394 e. The van der Waals surface area contributed by atoms with E-state index in [1.165, 1.54) is 26.0 Å². The molecule has 9 heteroatoms. The van der Waals surface area contributed by atoms with E-state index >= 15 is 0 Å². The van der Waals surface area contributed by atoms with Crippen LogP contribution in [0.25, 0.3) is 0 Å². The summed E-state index contributed by atoms with van der Waals surface area (Å²) in [6.45, 7) is 5.93. The van der Waals surface area contributed by atoms with E-state index in [2.05, 4.69) is 0 Å². The van der Waals surface area contributed by atoms with Crippen LogP contribution in [-0.2, 0) is 9.47 Å². The number of aliphatic hydroxyl groups excluding tert-OH is 5. The number of hydrogen-bond acceptors (Lipinski definition) is 9. The molecular formula is C19H34O9. The average Bonchev–Trinajstić information content (AvgIpc) is 2.57. The van der Waals surface area contributed by atoms with Gasteiger partial charge in [-0.15, -0.1) is 0 Å². The quantitative estimate of drug-likeness (QED) is 0.267. The highest BCUT2D eigenvalue weighted by atomic mass is 16.7. The van der Waals surface area contributed by atoms with E-state index in [1.54, 1.807) is 13.8 Å². The predicted molar refractivity (Wildman–Crippen MR) is 98.0 cm³/mol. The van der Waals surface area contributed by atoms with Gasteiger partial charge in [0, 0.05) is 11.8 Å². The predicted octanol–water partition coefficient (Wildman–Crippen LogP) is -1.59. The van der Waals surface area contributed by atoms with Gasteiger partial charge in [-0.2, -0.15) is 0 Å². The molecule has 1 unspecified atom stereocenters. The van der Waals surface area contributed by atoms with Gasteiger partial charge in [0.05, 0.1) is 24.4 Å². The Labute approximate surface area is 164 Å². The van der Waals surface area contributed by atoms with Crippen LogP contribution in [0.4, 0.5) is 0 Å². The maximum absolute atomic E-state index is 11.2. The first kappa shape index (κ1) is 23.7. The van der Waals surface area contributed by atoms with Gasteiger partial charge in [-0.25, -0.2) is 0 Å². The van der Waals surface area contributed by atoms with Gasteiger partial charge in [-0.1, -0.05) is 26.0 Å². The zero-order valence-electron chi connectivity index (χ0n) is 16.8. The van der Waals surface area contributed by atoms with Crippen LogP contribution in [0.1, 0.15) is 40.5 Å². The van der Waals surface area contributed by atoms with Crippen molar-refractivity contribution in [1.29, 1.82) is 0 Å². The highest BCUT2D eigenvalue weighted by molar-refractivity contribution is 5.21. The highest BCUT2D eigenvalue weighted by Crippen LogP contribution is 2.51. The first-order valence-electron chi connectivity index (χ1n) is 9.54. The Bertz CT molecular complexity index is 540. The average molecular weight is 406 g/mol. The maximum Gasteiger partial charge on any atom is 0.186 e. The summed E-state index contributed by atoms with van der Waals surface area (Å²) in [5.41, 5.74) is -4.15. The Kier molecular flexibility index (Phi) is 6.97. The van der Waals surface area contributed by atoms with Crippen LogP contribution in [0.15, 0.2) is 12.2 Å². The molecule has 9 atom stereocenters. The minimum atomic E-state index is -1.65. The molecule has 0 bridgehead atoms. The van der Waals surface area contributed by atoms with E-state index in [0.717, 1.165) is 0 Å². The topological polar surface area (TPSA) is 160 Å². The molecule has 0 aromatic heterocycles. The number of aliphatic hydroxyl groups is 7. The van der Waals surface area contributed by atoms with E-state index in [4.69, 9.17) is 9.47 Å². The molecule has 0 aromatic rings. The van der Waals surface area contributed by atoms with Crippen molar-refractivity contribution in [3.05, 3.63) is 12.2 Å². The Hall–Kier alpha value is -0.620. The molecule has 2 fully saturated rings. The van der Waals surface area contributed by atoms with Crippen LogP contribution in [-0.4, -0.2) is 96.5 Å². The van der Waals surface area contributed by atoms with E-state index in [0.29, 0.717) is 0 Å². The van der Waals surface area contributed by atoms with Crippen molar-refractivity contribution in [2.75, 3.05) is 6.61 Å². The van der Waals surface area contributed by atoms with Crippen molar-refractivity contribution in [3.63, 3.8) is 0 Å². The fraction of sp³-hybridized carbons (Fsp3) is 0.895. The summed E-state index contributed by atoms with van der Waals surface area (Å²) in [6.07, 6.45) is -5.34. The largest absolute Gasteiger partial charge is 0.394 e. The fourth-order valence-electron chi connectivity index (χ4n) is 4.27. The summed E-state index contributed by atoms with van der Waals surface area (Å²) in [7, 11) is 0. The molecule has 0 amide bonds. The molecule has 0 spiro atoms. The normalized spacial score (nSPS) is 48.0. The second-order valence-corrected chi connectivity index (χ2v) is 8.89. The van der Waals surface area contributed by atoms with Gasteiger partial charge >= 0.3 is 0 Å². The van der Waals surface area contributed by atoms with Crippen LogP contribution in [0, 0.1) is 5.41 Å². The second kappa shape index (κ2) is 8.25. The molecule has 0 aromatic carbocycles. The Morgan fingerprint density at radius 2 is 1.68 bits per heavy atom. The third-order valence-corrected chi connectivity index (χ3v) is 6.01. The number of ether oxygens (including phenoxy) is 2. The molecule has 164 valence electrons. The number of rotatable bonds is 5. The summed E-state index contributed by atoms with van der Waals surface area (Å²) in [5, 5.41) is 71.0. The van der Waals surface area contributed by atoms with Crippen LogP contribution in [0.3, 0.4) is 0 Å². The maximum atomic E-state index is 11.2. The molecule has 9 nitrogen and oxygen atoms in total. The molecular weight excluding hydrogens is 372 g/mol. The van der Waals surface area contributed by atoms with Crippen molar-refractivity contribution in [2.24, 2.45) is 5.41 Å². The fourth-order valence-corrected chi connectivity index (χ4v) is 4.27. The minimum absolute atomic E-state index is 0.00784. The summed E-state index contributed by atoms with van der Waals surface area (Å²) in [6, 6.07) is 0. The van der Waals surface area contributed by atoms with E-state index in [-0.39, 0.29) is 12.8 Å². The monoisotopic (exact) mass is 406 g/mol. The first-order valence-corrected chi connectivity index (χ1v) is 9.54. The zero-order chi connectivity index (χ0) is 21.5. The third kappa shape index (κ3) is 4.28. The first-order chi connectivity index (χ1) is 12.8. The molecule has 2 aliphatic rings. The van der Waals surface area contributed by atoms with E-state index in [1.807, 2.05) is 0 Å². The van der Waals surface area contributed by atoms with Crippen LogP contribution in [0.2, 0.25) is 0 Å². The molecule has 1 saturated carbocycles. The molecule has 1 heterocycles. The van der Waals surface area contributed by atoms with Gasteiger partial charge in [0.1, 0.15) is 30.0 Å². The van der Waals surface area contributed by atoms with E-state index < -0.39 is 66.1 Å². The van der Waals surface area contributed by atoms with Crippen molar-refractivity contribution < 1.29 is 45.2 Å². The molecule has 1 saturated heterocycles. The lowest BCUT2D eigenvalue weighted by molar-refractivity contribution is -0.326. The van der Waals surface area contributed by atoms with Crippen LogP contribution in [0.5, 0.6) is 0 Å². The Balaban J connectivity index is 2.20. The smallest absolute Gasteiger partial charge is 0.186 e.